The zero-order chi connectivity index (χ0) is 13.4. The molecular formula is C15H36N2V. The quantitative estimate of drug-likeness (QED) is 0.571. The molecule has 0 heterocycles. The van der Waals surface area contributed by atoms with Gasteiger partial charge in [-0.2, -0.15) is 0 Å². The summed E-state index contributed by atoms with van der Waals surface area (Å²) in [5, 5.41) is 9.62. The van der Waals surface area contributed by atoms with E-state index in [4.69, 9.17) is 0 Å². The molecule has 111 valence electrons. The monoisotopic (exact) mass is 295 g/mol. The third-order valence-electron chi connectivity index (χ3n) is 2.93. The van der Waals surface area contributed by atoms with E-state index < -0.39 is 0 Å². The van der Waals surface area contributed by atoms with Crippen LogP contribution in [0.15, 0.2) is 0 Å². The molecule has 0 aliphatic carbocycles. The summed E-state index contributed by atoms with van der Waals surface area (Å²) in [4.78, 5) is 0. The molecule has 0 aliphatic heterocycles. The van der Waals surface area contributed by atoms with Crippen LogP contribution in [0.4, 0.5) is 0 Å². The van der Waals surface area contributed by atoms with Crippen LogP contribution in [0.2, 0.25) is 0 Å². The van der Waals surface area contributed by atoms with Crippen LogP contribution in [0.5, 0.6) is 0 Å². The molecule has 0 bridgehead atoms. The van der Waals surface area contributed by atoms with E-state index in [-0.39, 0.29) is 7.43 Å². The van der Waals surface area contributed by atoms with Gasteiger partial charge in [-0.05, 0) is 45.9 Å². The van der Waals surface area contributed by atoms with E-state index in [9.17, 15) is 0 Å². The summed E-state index contributed by atoms with van der Waals surface area (Å²) in [6, 6.07) is 0. The average Bonchev–Trinajstić information content (AvgIpc) is 2.35. The van der Waals surface area contributed by atoms with E-state index in [1.807, 2.05) is 14.1 Å². The second-order valence-corrected chi connectivity index (χ2v) is 4.68. The van der Waals surface area contributed by atoms with Gasteiger partial charge < -0.3 is 10.6 Å². The summed E-state index contributed by atoms with van der Waals surface area (Å²) in [5.74, 6) is 0.847. The minimum absolute atomic E-state index is 0. The Morgan fingerprint density at radius 1 is 0.889 bits per heavy atom. The second-order valence-electron chi connectivity index (χ2n) is 4.68. The van der Waals surface area contributed by atoms with Crippen molar-refractivity contribution in [3.05, 3.63) is 0 Å². The Hall–Kier alpha value is 0.374. The van der Waals surface area contributed by atoms with E-state index in [0.717, 1.165) is 5.92 Å². The molecule has 1 atom stereocenters. The van der Waals surface area contributed by atoms with Crippen LogP contribution in [0, 0.1) is 5.92 Å². The van der Waals surface area contributed by atoms with Gasteiger partial charge in [0.15, 0.2) is 0 Å². The Bertz CT molecular complexity index is 132. The fourth-order valence-electron chi connectivity index (χ4n) is 1.95. The summed E-state index contributed by atoms with van der Waals surface area (Å²) in [7, 11) is 4.07. The number of hydrogen-bond donors (Lipinski definition) is 2. The van der Waals surface area contributed by atoms with Crippen LogP contribution >= 0.6 is 0 Å². The van der Waals surface area contributed by atoms with Crippen LogP contribution in [-0.4, -0.2) is 32.4 Å². The molecule has 2 nitrogen and oxygen atoms in total. The second kappa shape index (κ2) is 22.5. The zero-order valence-corrected chi connectivity index (χ0v) is 13.5. The molecule has 0 spiro atoms. The summed E-state index contributed by atoms with van der Waals surface area (Å²) in [5.41, 5.74) is 0. The first-order valence-corrected chi connectivity index (χ1v) is 7.90. The molecule has 0 aromatic carbocycles. The number of unbranched alkanes of at least 4 members (excludes halogenated alkanes) is 5. The third kappa shape index (κ3) is 21.6. The molecule has 0 saturated carbocycles. The Kier molecular flexibility index (Phi) is 29.4. The van der Waals surface area contributed by atoms with Gasteiger partial charge in [0.2, 0.25) is 0 Å². The van der Waals surface area contributed by atoms with Crippen molar-refractivity contribution in [1.82, 2.24) is 10.6 Å². The number of nitrogens with one attached hydrogen (secondary N) is 2. The van der Waals surface area contributed by atoms with Crippen molar-refractivity contribution in [3.8, 4) is 0 Å². The van der Waals surface area contributed by atoms with Gasteiger partial charge in [0, 0.05) is 0 Å². The fraction of sp³-hybridized carbons (Fsp3) is 0.933. The molecular weight excluding hydrogens is 259 g/mol. The van der Waals surface area contributed by atoms with Crippen LogP contribution < -0.4 is 10.6 Å². The van der Waals surface area contributed by atoms with Crippen molar-refractivity contribution >= 4 is 5.23 Å². The van der Waals surface area contributed by atoms with Gasteiger partial charge in [-0.15, -0.1) is 0 Å². The molecule has 18 heavy (non-hydrogen) atoms. The van der Waals surface area contributed by atoms with E-state index >= 15 is 0 Å². The van der Waals surface area contributed by atoms with Crippen molar-refractivity contribution in [2.24, 2.45) is 5.92 Å². The van der Waals surface area contributed by atoms with Crippen LogP contribution in [0.3, 0.4) is 0 Å². The molecule has 0 radical (unpaired) electrons. The van der Waals surface area contributed by atoms with Gasteiger partial charge in [-0.1, -0.05) is 46.5 Å². The summed E-state index contributed by atoms with van der Waals surface area (Å²) >= 11 is 2.06. The molecule has 3 heteroatoms. The zero-order valence-electron chi connectivity index (χ0n) is 12.1. The van der Waals surface area contributed by atoms with E-state index in [2.05, 4.69) is 39.8 Å². The molecule has 0 aromatic heterocycles. The predicted molar refractivity (Wildman–Crippen MR) is 83.2 cm³/mol. The van der Waals surface area contributed by atoms with E-state index in [1.165, 1.54) is 58.0 Å². The SMILES string of the molecule is C.CNCCCCCCCCC(C)CNC.[CH2]=[V]. The van der Waals surface area contributed by atoms with Crippen LogP contribution in [-0.2, 0) is 17.0 Å². The summed E-state index contributed by atoms with van der Waals surface area (Å²) in [6.07, 6.45) is 9.80. The number of hydrogen-bond acceptors (Lipinski definition) is 2. The normalized spacial score (nSPS) is 11.0. The van der Waals surface area contributed by atoms with Gasteiger partial charge in [0.25, 0.3) is 0 Å². The third-order valence-corrected chi connectivity index (χ3v) is 2.93. The average molecular weight is 295 g/mol. The van der Waals surface area contributed by atoms with Crippen molar-refractivity contribution in [1.29, 1.82) is 0 Å². The van der Waals surface area contributed by atoms with Gasteiger partial charge in [-0.25, -0.2) is 0 Å². The van der Waals surface area contributed by atoms with Crippen LogP contribution in [0.1, 0.15) is 59.3 Å². The van der Waals surface area contributed by atoms with Gasteiger partial charge >= 0.3 is 22.2 Å². The minimum atomic E-state index is 0. The van der Waals surface area contributed by atoms with Gasteiger partial charge in [0.05, 0.1) is 0 Å². The first-order chi connectivity index (χ1) is 8.31. The standard InChI is InChI=1S/C13H30N2.CH4.CH2.V/c1-13(12-15-3)10-8-6-4-5-7-9-11-14-2;;;/h13-15H,4-12H2,1-3H3;1H4;1H2;. The van der Waals surface area contributed by atoms with Crippen molar-refractivity contribution in [3.63, 3.8) is 0 Å². The maximum absolute atomic E-state index is 3.24. The van der Waals surface area contributed by atoms with E-state index in [0.29, 0.717) is 0 Å². The molecule has 2 N–H and O–H groups in total. The molecule has 0 rings (SSSR count). The van der Waals surface area contributed by atoms with Crippen molar-refractivity contribution < 1.29 is 17.0 Å². The molecule has 0 fully saturated rings. The van der Waals surface area contributed by atoms with Gasteiger partial charge in [-0.3, -0.25) is 0 Å². The first-order valence-electron chi connectivity index (χ1n) is 6.92. The van der Waals surface area contributed by atoms with E-state index in [1.54, 1.807) is 0 Å². The first kappa shape index (κ1) is 23.5. The maximum atomic E-state index is 3.24. The Balaban J connectivity index is -0.000000709. The van der Waals surface area contributed by atoms with Crippen LogP contribution in [0.25, 0.3) is 0 Å². The Morgan fingerprint density at radius 2 is 1.39 bits per heavy atom. The Labute approximate surface area is 125 Å². The number of rotatable bonds is 11. The van der Waals surface area contributed by atoms with Gasteiger partial charge in [0.1, 0.15) is 0 Å². The topological polar surface area (TPSA) is 24.1 Å². The molecule has 0 aliphatic rings. The van der Waals surface area contributed by atoms with Crippen molar-refractivity contribution in [2.75, 3.05) is 27.2 Å². The summed E-state index contributed by atoms with van der Waals surface area (Å²) < 4.78 is 0. The predicted octanol–water partition coefficient (Wildman–Crippen LogP) is 3.39. The molecule has 0 amide bonds. The molecule has 0 aromatic rings. The Morgan fingerprint density at radius 3 is 1.89 bits per heavy atom. The fourth-order valence-corrected chi connectivity index (χ4v) is 1.95. The molecule has 0 saturated heterocycles. The molecule has 1 unspecified atom stereocenters. The summed E-state index contributed by atoms with van der Waals surface area (Å²) in [6.45, 7) is 4.69. The van der Waals surface area contributed by atoms with Crippen molar-refractivity contribution in [2.45, 2.75) is 59.3 Å².